The molecule has 0 spiro atoms. The molecule has 5 heteroatoms. The standard InChI is InChI=1S/C15H17ClF3N/c1-2-8-20-9-6-11(7-10-20)12-4-3-5-13(14(12)16)15(17,18)19/h2-5,11H,1,6-10H2. The van der Waals surface area contributed by atoms with Crippen LogP contribution in [0.4, 0.5) is 13.2 Å². The van der Waals surface area contributed by atoms with E-state index in [1.54, 1.807) is 6.07 Å². The van der Waals surface area contributed by atoms with Gasteiger partial charge in [-0.1, -0.05) is 29.8 Å². The average molecular weight is 304 g/mol. The Balaban J connectivity index is 2.16. The van der Waals surface area contributed by atoms with Gasteiger partial charge in [0.1, 0.15) is 0 Å². The van der Waals surface area contributed by atoms with Crippen molar-refractivity contribution in [3.63, 3.8) is 0 Å². The van der Waals surface area contributed by atoms with Crippen LogP contribution in [0.25, 0.3) is 0 Å². The molecule has 0 unspecified atom stereocenters. The van der Waals surface area contributed by atoms with Crippen LogP contribution in [0.5, 0.6) is 0 Å². The number of rotatable bonds is 3. The number of hydrogen-bond acceptors (Lipinski definition) is 1. The molecule has 0 aromatic heterocycles. The fraction of sp³-hybridized carbons (Fsp3) is 0.467. The molecule has 0 N–H and O–H groups in total. The third-order valence-electron chi connectivity index (χ3n) is 3.75. The lowest BCUT2D eigenvalue weighted by molar-refractivity contribution is -0.137. The Morgan fingerprint density at radius 1 is 1.30 bits per heavy atom. The minimum absolute atomic E-state index is 0.103. The van der Waals surface area contributed by atoms with Gasteiger partial charge < -0.3 is 0 Å². The van der Waals surface area contributed by atoms with Crippen molar-refractivity contribution in [1.82, 2.24) is 4.90 Å². The van der Waals surface area contributed by atoms with E-state index in [0.717, 1.165) is 38.5 Å². The summed E-state index contributed by atoms with van der Waals surface area (Å²) in [6, 6.07) is 4.20. The van der Waals surface area contributed by atoms with E-state index in [1.807, 2.05) is 6.08 Å². The summed E-state index contributed by atoms with van der Waals surface area (Å²) in [5.74, 6) is 0.103. The highest BCUT2D eigenvalue weighted by molar-refractivity contribution is 6.32. The van der Waals surface area contributed by atoms with E-state index in [4.69, 9.17) is 11.6 Å². The zero-order valence-electron chi connectivity index (χ0n) is 11.1. The fourth-order valence-corrected chi connectivity index (χ4v) is 3.08. The SMILES string of the molecule is C=CCN1CCC(c2cccc(C(F)(F)F)c2Cl)CC1. The second kappa shape index (κ2) is 6.19. The quantitative estimate of drug-likeness (QED) is 0.730. The van der Waals surface area contributed by atoms with Gasteiger partial charge in [0.25, 0.3) is 0 Å². The Morgan fingerprint density at radius 2 is 1.95 bits per heavy atom. The molecule has 1 saturated heterocycles. The largest absolute Gasteiger partial charge is 0.417 e. The van der Waals surface area contributed by atoms with Crippen LogP contribution < -0.4 is 0 Å². The predicted molar refractivity (Wildman–Crippen MR) is 75.1 cm³/mol. The molecule has 1 heterocycles. The smallest absolute Gasteiger partial charge is 0.300 e. The van der Waals surface area contributed by atoms with Gasteiger partial charge in [-0.25, -0.2) is 0 Å². The summed E-state index contributed by atoms with van der Waals surface area (Å²) in [5.41, 5.74) is -0.107. The van der Waals surface area contributed by atoms with E-state index in [1.165, 1.54) is 6.07 Å². The maximum absolute atomic E-state index is 12.9. The molecule has 1 aromatic rings. The van der Waals surface area contributed by atoms with E-state index in [0.29, 0.717) is 5.56 Å². The van der Waals surface area contributed by atoms with Crippen molar-refractivity contribution in [2.75, 3.05) is 19.6 Å². The van der Waals surface area contributed by atoms with Gasteiger partial charge in [0.15, 0.2) is 0 Å². The Morgan fingerprint density at radius 3 is 2.50 bits per heavy atom. The van der Waals surface area contributed by atoms with Crippen LogP contribution in [0.1, 0.15) is 29.9 Å². The Kier molecular flexibility index (Phi) is 4.76. The summed E-state index contributed by atoms with van der Waals surface area (Å²) in [5, 5.41) is -0.137. The minimum atomic E-state index is -4.39. The van der Waals surface area contributed by atoms with Crippen molar-refractivity contribution in [2.45, 2.75) is 24.9 Å². The van der Waals surface area contributed by atoms with Gasteiger partial charge in [-0.2, -0.15) is 13.2 Å². The Hall–Kier alpha value is -1.00. The molecule has 20 heavy (non-hydrogen) atoms. The third-order valence-corrected chi connectivity index (χ3v) is 4.17. The first-order valence-corrected chi connectivity index (χ1v) is 7.00. The summed E-state index contributed by atoms with van der Waals surface area (Å²) >= 11 is 5.97. The first kappa shape index (κ1) is 15.4. The molecule has 110 valence electrons. The van der Waals surface area contributed by atoms with Gasteiger partial charge in [0, 0.05) is 6.54 Å². The molecule has 1 fully saturated rings. The molecule has 0 atom stereocenters. The van der Waals surface area contributed by atoms with Crippen LogP contribution >= 0.6 is 11.6 Å². The van der Waals surface area contributed by atoms with Crippen molar-refractivity contribution >= 4 is 11.6 Å². The molecule has 1 nitrogen and oxygen atoms in total. The van der Waals surface area contributed by atoms with Crippen LogP contribution in [0.2, 0.25) is 5.02 Å². The van der Waals surface area contributed by atoms with Crippen molar-refractivity contribution in [2.24, 2.45) is 0 Å². The van der Waals surface area contributed by atoms with Crippen molar-refractivity contribution in [3.8, 4) is 0 Å². The van der Waals surface area contributed by atoms with Gasteiger partial charge in [0.2, 0.25) is 0 Å². The van der Waals surface area contributed by atoms with E-state index >= 15 is 0 Å². The van der Waals surface area contributed by atoms with Crippen LogP contribution in [0.15, 0.2) is 30.9 Å². The summed E-state index contributed by atoms with van der Waals surface area (Å²) in [4.78, 5) is 2.24. The molecular weight excluding hydrogens is 287 g/mol. The molecule has 1 aliphatic heterocycles. The highest BCUT2D eigenvalue weighted by Crippen LogP contribution is 2.40. The monoisotopic (exact) mass is 303 g/mol. The lowest BCUT2D eigenvalue weighted by Crippen LogP contribution is -2.33. The number of halogens is 4. The molecule has 0 amide bonds. The molecule has 1 aliphatic rings. The Labute approximate surface area is 122 Å². The summed E-state index contributed by atoms with van der Waals surface area (Å²) in [6.07, 6.45) is -0.891. The Bertz CT molecular complexity index is 476. The lowest BCUT2D eigenvalue weighted by atomic mass is 9.88. The van der Waals surface area contributed by atoms with Crippen molar-refractivity contribution in [3.05, 3.63) is 47.0 Å². The van der Waals surface area contributed by atoms with Crippen molar-refractivity contribution < 1.29 is 13.2 Å². The summed E-state index contributed by atoms with van der Waals surface area (Å²) < 4.78 is 38.6. The maximum Gasteiger partial charge on any atom is 0.417 e. The number of likely N-dealkylation sites (tertiary alicyclic amines) is 1. The van der Waals surface area contributed by atoms with Gasteiger partial charge >= 0.3 is 6.18 Å². The molecule has 0 radical (unpaired) electrons. The van der Waals surface area contributed by atoms with E-state index < -0.39 is 11.7 Å². The number of benzene rings is 1. The molecule has 1 aromatic carbocycles. The van der Waals surface area contributed by atoms with Gasteiger partial charge in [-0.05, 0) is 43.5 Å². The maximum atomic E-state index is 12.9. The molecule has 2 rings (SSSR count). The van der Waals surface area contributed by atoms with Gasteiger partial charge in [-0.3, -0.25) is 4.90 Å². The molecule has 0 aliphatic carbocycles. The highest BCUT2D eigenvalue weighted by atomic mass is 35.5. The van der Waals surface area contributed by atoms with Crippen LogP contribution in [-0.4, -0.2) is 24.5 Å². The van der Waals surface area contributed by atoms with Gasteiger partial charge in [-0.15, -0.1) is 6.58 Å². The third kappa shape index (κ3) is 3.36. The second-order valence-electron chi connectivity index (χ2n) is 5.07. The molecular formula is C15H17ClF3N. The zero-order chi connectivity index (χ0) is 14.8. The van der Waals surface area contributed by atoms with Crippen LogP contribution in [-0.2, 0) is 6.18 Å². The van der Waals surface area contributed by atoms with Gasteiger partial charge in [0.05, 0.1) is 10.6 Å². The van der Waals surface area contributed by atoms with Crippen LogP contribution in [0.3, 0.4) is 0 Å². The summed E-state index contributed by atoms with van der Waals surface area (Å²) in [6.45, 7) is 6.25. The normalized spacial score (nSPS) is 18.2. The average Bonchev–Trinajstić information content (AvgIpc) is 2.39. The first-order chi connectivity index (χ1) is 9.43. The van der Waals surface area contributed by atoms with Crippen molar-refractivity contribution in [1.29, 1.82) is 0 Å². The molecule has 0 saturated carbocycles. The first-order valence-electron chi connectivity index (χ1n) is 6.62. The highest BCUT2D eigenvalue weighted by Gasteiger charge is 2.35. The van der Waals surface area contributed by atoms with E-state index in [9.17, 15) is 13.2 Å². The molecule has 0 bridgehead atoms. The predicted octanol–water partition coefficient (Wildman–Crippen LogP) is 4.72. The number of hydrogen-bond donors (Lipinski definition) is 0. The van der Waals surface area contributed by atoms with Crippen LogP contribution in [0, 0.1) is 0 Å². The minimum Gasteiger partial charge on any atom is -0.300 e. The summed E-state index contributed by atoms with van der Waals surface area (Å²) in [7, 11) is 0. The fourth-order valence-electron chi connectivity index (χ4n) is 2.69. The number of piperidine rings is 1. The van der Waals surface area contributed by atoms with E-state index in [2.05, 4.69) is 11.5 Å². The topological polar surface area (TPSA) is 3.24 Å². The van der Waals surface area contributed by atoms with E-state index in [-0.39, 0.29) is 10.9 Å². The lowest BCUT2D eigenvalue weighted by Gasteiger charge is -2.32. The zero-order valence-corrected chi connectivity index (χ0v) is 11.8. The number of alkyl halides is 3. The second-order valence-corrected chi connectivity index (χ2v) is 5.45. The number of nitrogens with zero attached hydrogens (tertiary/aromatic N) is 1.